The molecule has 88 heavy (non-hydrogen) atoms. The largest absolute Gasteiger partial charge is 0.414 e. The van der Waals surface area contributed by atoms with Crippen molar-refractivity contribution in [3.63, 3.8) is 0 Å². The molecule has 5 fully saturated rings. The molecule has 8 rings (SSSR count). The zero-order valence-electron chi connectivity index (χ0n) is 61.0. The highest BCUT2D eigenvalue weighted by Gasteiger charge is 2.59. The smallest absolute Gasteiger partial charge is 0.193 e. The predicted molar refractivity (Wildman–Crippen MR) is 372 cm³/mol. The molecule has 0 amide bonds. The van der Waals surface area contributed by atoms with Crippen molar-refractivity contribution in [2.45, 2.75) is 376 Å². The number of fused-ring (bicyclic) bond motifs is 2. The molecule has 13 nitrogen and oxygen atoms in total. The van der Waals surface area contributed by atoms with Gasteiger partial charge >= 0.3 is 0 Å². The quantitative estimate of drug-likeness (QED) is 0.131. The fraction of sp³-hybridized carbons (Fsp3) is 0.900. The number of aliphatic hydroxyl groups excluding tert-OH is 1. The van der Waals surface area contributed by atoms with Crippen LogP contribution in [0.4, 0.5) is 0 Å². The SMILES string of the molecule is C=C1C2CC3OC(CC(CO[Si](C)(C)C(C)(C)C)O[Si](C)(C)C(C)(C)C)[C@H](OC)[C@H]3CC(=O)C[C@H]3CC[C@@H]4OC(C(O[Si](C)(C)C(C)(C)C)/C=C/C(O)CCC5CC(=C)[C@H](CC[C@@H](C[C@H]1C)O2)O5)C(O[Si](C)(C)C(C)(C)C)C(O[Si](C)(C)C(C)(C)C)C4O3. The van der Waals surface area contributed by atoms with Crippen LogP contribution in [0.3, 0.4) is 0 Å². The van der Waals surface area contributed by atoms with Gasteiger partial charge in [-0.15, -0.1) is 0 Å². The topological polar surface area (TPSA) is 139 Å². The van der Waals surface area contributed by atoms with Crippen molar-refractivity contribution in [3.05, 3.63) is 36.5 Å². The van der Waals surface area contributed by atoms with Crippen molar-refractivity contribution in [2.75, 3.05) is 13.7 Å². The molecular formula is C70H132O13Si5. The van der Waals surface area contributed by atoms with Crippen LogP contribution in [0.5, 0.6) is 0 Å². The highest BCUT2D eigenvalue weighted by atomic mass is 28.4. The van der Waals surface area contributed by atoms with Crippen LogP contribution in [0, 0.1) is 11.8 Å². The summed E-state index contributed by atoms with van der Waals surface area (Å²) >= 11 is 0. The third-order valence-electron chi connectivity index (χ3n) is 23.7. The fourth-order valence-electron chi connectivity index (χ4n) is 12.5. The Bertz CT molecular complexity index is 2360. The summed E-state index contributed by atoms with van der Waals surface area (Å²) in [5, 5.41) is 11.5. The summed E-state index contributed by atoms with van der Waals surface area (Å²) < 4.78 is 80.5. The molecule has 11 unspecified atom stereocenters. The third kappa shape index (κ3) is 18.7. The van der Waals surface area contributed by atoms with Crippen molar-refractivity contribution in [1.82, 2.24) is 0 Å². The molecule has 1 N–H and O–H groups in total. The maximum Gasteiger partial charge on any atom is 0.193 e. The first-order valence-electron chi connectivity index (χ1n) is 34.4. The highest BCUT2D eigenvalue weighted by molar-refractivity contribution is 6.76. The van der Waals surface area contributed by atoms with E-state index in [0.29, 0.717) is 45.1 Å². The van der Waals surface area contributed by atoms with Crippen LogP contribution in [-0.4, -0.2) is 164 Å². The second-order valence-corrected chi connectivity index (χ2v) is 59.5. The molecule has 18 atom stereocenters. The maximum absolute atomic E-state index is 15.4. The lowest BCUT2D eigenvalue weighted by atomic mass is 9.81. The zero-order valence-corrected chi connectivity index (χ0v) is 66.0. The molecule has 0 aromatic rings. The number of carbonyl (C=O) groups is 1. The summed E-state index contributed by atoms with van der Waals surface area (Å²) in [6, 6.07) is 0. The van der Waals surface area contributed by atoms with Crippen molar-refractivity contribution in [1.29, 1.82) is 0 Å². The molecule has 510 valence electrons. The average Bonchev–Trinajstić information content (AvgIpc) is 3.75. The van der Waals surface area contributed by atoms with E-state index in [-0.39, 0.29) is 111 Å². The van der Waals surface area contributed by atoms with E-state index in [1.54, 1.807) is 7.11 Å². The van der Waals surface area contributed by atoms with E-state index in [0.717, 1.165) is 36.8 Å². The van der Waals surface area contributed by atoms with Crippen LogP contribution < -0.4 is 0 Å². The number of aliphatic hydroxyl groups is 1. The predicted octanol–water partition coefficient (Wildman–Crippen LogP) is 17.0. The molecule has 0 aliphatic carbocycles. The van der Waals surface area contributed by atoms with E-state index < -0.39 is 84.3 Å². The van der Waals surface area contributed by atoms with E-state index in [2.05, 4.69) is 195 Å². The van der Waals surface area contributed by atoms with Gasteiger partial charge in [-0.05, 0) is 159 Å². The lowest BCUT2D eigenvalue weighted by Gasteiger charge is -2.56. The van der Waals surface area contributed by atoms with Gasteiger partial charge in [-0.25, -0.2) is 0 Å². The molecule has 0 saturated carbocycles. The van der Waals surface area contributed by atoms with Crippen molar-refractivity contribution in [3.8, 4) is 0 Å². The van der Waals surface area contributed by atoms with E-state index in [4.69, 9.17) is 50.6 Å². The fourth-order valence-corrected chi connectivity index (χ4v) is 18.8. The monoisotopic (exact) mass is 1320 g/mol. The molecule has 8 aliphatic heterocycles. The first-order chi connectivity index (χ1) is 40.0. The molecule has 0 spiro atoms. The summed E-state index contributed by atoms with van der Waals surface area (Å²) in [6.07, 6.45) is 5.27. The molecule has 0 aromatic carbocycles. The van der Waals surface area contributed by atoms with Crippen LogP contribution in [0.1, 0.15) is 188 Å². The number of Topliss-reactive ketones (excluding diaryl/α,β-unsaturated/α-hetero) is 1. The molecule has 8 aliphatic rings. The lowest BCUT2D eigenvalue weighted by molar-refractivity contribution is -0.266. The van der Waals surface area contributed by atoms with Gasteiger partial charge in [-0.1, -0.05) is 136 Å². The summed E-state index contributed by atoms with van der Waals surface area (Å²) in [5.41, 5.74) is 2.17. The average molecular weight is 1320 g/mol. The molecule has 8 bridgehead atoms. The minimum Gasteiger partial charge on any atom is -0.414 e. The third-order valence-corrected chi connectivity index (χ3v) is 46.1. The van der Waals surface area contributed by atoms with Crippen LogP contribution in [0.15, 0.2) is 36.5 Å². The van der Waals surface area contributed by atoms with Crippen LogP contribution in [-0.2, 0) is 55.3 Å². The van der Waals surface area contributed by atoms with Crippen LogP contribution >= 0.6 is 0 Å². The lowest BCUT2D eigenvalue weighted by Crippen LogP contribution is -2.69. The van der Waals surface area contributed by atoms with Gasteiger partial charge in [0.15, 0.2) is 41.6 Å². The molecule has 5 saturated heterocycles. The van der Waals surface area contributed by atoms with Crippen molar-refractivity contribution < 1.29 is 60.5 Å². The van der Waals surface area contributed by atoms with Crippen molar-refractivity contribution >= 4 is 47.4 Å². The van der Waals surface area contributed by atoms with Gasteiger partial charge in [0.05, 0.1) is 79.9 Å². The Morgan fingerprint density at radius 2 is 1.06 bits per heavy atom. The zero-order chi connectivity index (χ0) is 66.5. The van der Waals surface area contributed by atoms with E-state index in [9.17, 15) is 5.11 Å². The summed E-state index contributed by atoms with van der Waals surface area (Å²) in [4.78, 5) is 15.4. The van der Waals surface area contributed by atoms with E-state index in [1.165, 1.54) is 0 Å². The summed E-state index contributed by atoms with van der Waals surface area (Å²) in [5.74, 6) is 0.0699. The standard InChI is InChI=1S/C70H132O13Si5/c1-45-38-51-33-36-55-46(2)39-50(75-55)32-30-48(71)31-35-57(81-86(24,25)68(10,11)12)63-65(83-88(28,29)70(16,17)18)64(82-87(26,27)69(13,14)15)62-56(79-63)37-34-52(77-62)40-49(72)41-54-59(43-58(76-51)47(45)3)78-60(61(54)73-19)42-53(80-85(22,23)67(7,8)9)44-74-84(20,21)66(4,5)6/h31,35,45,48,50-65,71H,2-3,30,32-34,36-44H2,1,4-29H3/b35-31+/t45-,48?,50?,51+,52-,53?,54+,55+,56+,57?,58?,59?,60?,61-,62?,63?,64?,65?/m1/s1. The van der Waals surface area contributed by atoms with Gasteiger partial charge < -0.3 is 55.7 Å². The normalized spacial score (nSPS) is 35.4. The Morgan fingerprint density at radius 1 is 0.545 bits per heavy atom. The summed E-state index contributed by atoms with van der Waals surface area (Å²) in [7, 11) is -10.3. The van der Waals surface area contributed by atoms with E-state index >= 15 is 4.79 Å². The van der Waals surface area contributed by atoms with Gasteiger partial charge in [-0.3, -0.25) is 4.79 Å². The summed E-state index contributed by atoms with van der Waals surface area (Å²) in [6.45, 7) is 69.2. The molecule has 18 heteroatoms. The number of rotatable bonds is 14. The second kappa shape index (κ2) is 28.7. The van der Waals surface area contributed by atoms with Crippen LogP contribution in [0.2, 0.25) is 90.7 Å². The first kappa shape index (κ1) is 76.5. The Balaban J connectivity index is 1.45. The highest BCUT2D eigenvalue weighted by Crippen LogP contribution is 2.50. The number of hydrogen-bond acceptors (Lipinski definition) is 13. The van der Waals surface area contributed by atoms with Gasteiger partial charge in [0.1, 0.15) is 30.2 Å². The molecule has 0 radical (unpaired) electrons. The van der Waals surface area contributed by atoms with Gasteiger partial charge in [0.2, 0.25) is 0 Å². The Kier molecular flexibility index (Phi) is 24.9. The number of carbonyl (C=O) groups excluding carboxylic acids is 1. The molecule has 8 heterocycles. The maximum atomic E-state index is 15.4. The number of methoxy groups -OCH3 is 1. The first-order valence-corrected chi connectivity index (χ1v) is 48.9. The Labute approximate surface area is 543 Å². The minimum atomic E-state index is -2.58. The van der Waals surface area contributed by atoms with Gasteiger partial charge in [-0.2, -0.15) is 0 Å². The van der Waals surface area contributed by atoms with E-state index in [1.807, 2.05) is 6.08 Å². The number of ether oxygens (including phenoxy) is 6. The van der Waals surface area contributed by atoms with Gasteiger partial charge in [0.25, 0.3) is 0 Å². The Hall–Kier alpha value is -0.506. The Morgan fingerprint density at radius 3 is 1.61 bits per heavy atom. The number of ketones is 1. The minimum absolute atomic E-state index is 0.0128. The number of hydrogen-bond donors (Lipinski definition) is 1. The van der Waals surface area contributed by atoms with Gasteiger partial charge in [0, 0.05) is 38.7 Å². The second-order valence-electron chi connectivity index (χ2n) is 35.7. The van der Waals surface area contributed by atoms with Crippen molar-refractivity contribution in [2.24, 2.45) is 11.8 Å². The molecular weight excluding hydrogens is 1190 g/mol. The van der Waals surface area contributed by atoms with Crippen LogP contribution in [0.25, 0.3) is 0 Å². The molecule has 0 aromatic heterocycles.